The Morgan fingerprint density at radius 3 is 2.55 bits per heavy atom. The number of hydrogen-bond acceptors (Lipinski definition) is 5. The summed E-state index contributed by atoms with van der Waals surface area (Å²) >= 11 is 0. The zero-order valence-electron chi connectivity index (χ0n) is 17.8. The molecule has 8 nitrogen and oxygen atoms in total. The SMILES string of the molecule is Cc1nn(CC(=O)N2CCC[C@@H]2C(=O)c2cnn(-c3ccc(F)cc3)c2N)c(C)c1C. The van der Waals surface area contributed by atoms with Crippen LogP contribution in [0.1, 0.15) is 40.2 Å². The second-order valence-electron chi connectivity index (χ2n) is 7.89. The van der Waals surface area contributed by atoms with E-state index in [4.69, 9.17) is 5.73 Å². The van der Waals surface area contributed by atoms with Gasteiger partial charge in [0.2, 0.25) is 5.91 Å². The topological polar surface area (TPSA) is 99.0 Å². The summed E-state index contributed by atoms with van der Waals surface area (Å²) in [7, 11) is 0. The van der Waals surface area contributed by atoms with Gasteiger partial charge in [0.15, 0.2) is 5.78 Å². The van der Waals surface area contributed by atoms with Crippen molar-refractivity contribution < 1.29 is 14.0 Å². The van der Waals surface area contributed by atoms with Crippen molar-refractivity contribution in [3.63, 3.8) is 0 Å². The fourth-order valence-electron chi connectivity index (χ4n) is 4.01. The maximum atomic E-state index is 13.2. The number of hydrogen-bond donors (Lipinski definition) is 1. The van der Waals surface area contributed by atoms with Gasteiger partial charge in [-0.25, -0.2) is 9.07 Å². The number of Topliss-reactive ketones (excluding diaryl/α,β-unsaturated/α-hetero) is 1. The van der Waals surface area contributed by atoms with Gasteiger partial charge in [-0.3, -0.25) is 14.3 Å². The maximum Gasteiger partial charge on any atom is 0.244 e. The van der Waals surface area contributed by atoms with Crippen molar-refractivity contribution in [2.45, 2.75) is 46.2 Å². The van der Waals surface area contributed by atoms with E-state index in [0.29, 0.717) is 18.7 Å². The van der Waals surface area contributed by atoms with Gasteiger partial charge in [0, 0.05) is 12.2 Å². The molecule has 0 unspecified atom stereocenters. The molecule has 31 heavy (non-hydrogen) atoms. The minimum Gasteiger partial charge on any atom is -0.383 e. The molecule has 1 saturated heterocycles. The van der Waals surface area contributed by atoms with Crippen LogP contribution in [0, 0.1) is 26.6 Å². The highest BCUT2D eigenvalue weighted by Gasteiger charge is 2.36. The Morgan fingerprint density at radius 1 is 1.19 bits per heavy atom. The molecule has 0 bridgehead atoms. The second-order valence-corrected chi connectivity index (χ2v) is 7.89. The van der Waals surface area contributed by atoms with Gasteiger partial charge < -0.3 is 10.6 Å². The van der Waals surface area contributed by atoms with Crippen LogP contribution in [0.15, 0.2) is 30.5 Å². The van der Waals surface area contributed by atoms with E-state index in [9.17, 15) is 14.0 Å². The number of nitrogen functional groups attached to an aromatic ring is 1. The summed E-state index contributed by atoms with van der Waals surface area (Å²) < 4.78 is 16.3. The third-order valence-electron chi connectivity index (χ3n) is 6.05. The fourth-order valence-corrected chi connectivity index (χ4v) is 4.01. The van der Waals surface area contributed by atoms with Gasteiger partial charge in [-0.2, -0.15) is 10.2 Å². The minimum absolute atomic E-state index is 0.0919. The Balaban J connectivity index is 1.55. The average molecular weight is 424 g/mol. The first-order valence-electron chi connectivity index (χ1n) is 10.2. The summed E-state index contributed by atoms with van der Waals surface area (Å²) in [6.45, 7) is 6.42. The molecule has 1 amide bonds. The Hall–Kier alpha value is -3.49. The highest BCUT2D eigenvalue weighted by molar-refractivity contribution is 6.05. The van der Waals surface area contributed by atoms with E-state index in [1.807, 2.05) is 20.8 Å². The number of nitrogens with zero attached hydrogens (tertiary/aromatic N) is 5. The summed E-state index contributed by atoms with van der Waals surface area (Å²) in [4.78, 5) is 27.9. The smallest absolute Gasteiger partial charge is 0.244 e. The zero-order chi connectivity index (χ0) is 22.3. The molecular formula is C22H25FN6O2. The van der Waals surface area contributed by atoms with Gasteiger partial charge in [-0.05, 0) is 63.4 Å². The van der Waals surface area contributed by atoms with Crippen molar-refractivity contribution in [3.8, 4) is 5.69 Å². The number of amides is 1. The van der Waals surface area contributed by atoms with Crippen molar-refractivity contribution in [3.05, 3.63) is 58.8 Å². The monoisotopic (exact) mass is 424 g/mol. The van der Waals surface area contributed by atoms with Crippen LogP contribution in [0.5, 0.6) is 0 Å². The molecule has 0 radical (unpaired) electrons. The lowest BCUT2D eigenvalue weighted by Gasteiger charge is -2.24. The molecule has 0 saturated carbocycles. The van der Waals surface area contributed by atoms with Crippen molar-refractivity contribution >= 4 is 17.5 Å². The molecule has 1 aliphatic heterocycles. The highest BCUT2D eigenvalue weighted by Crippen LogP contribution is 2.26. The van der Waals surface area contributed by atoms with Crippen LogP contribution in [0.3, 0.4) is 0 Å². The number of carbonyl (C=O) groups is 2. The van der Waals surface area contributed by atoms with Gasteiger partial charge in [0.1, 0.15) is 18.2 Å². The summed E-state index contributed by atoms with van der Waals surface area (Å²) in [5.74, 6) is -0.582. The molecular weight excluding hydrogens is 399 g/mol. The Kier molecular flexibility index (Phi) is 5.34. The molecule has 1 aromatic carbocycles. The van der Waals surface area contributed by atoms with Crippen LogP contribution in [0.25, 0.3) is 5.69 Å². The molecule has 3 heterocycles. The van der Waals surface area contributed by atoms with Crippen molar-refractivity contribution in [2.24, 2.45) is 0 Å². The lowest BCUT2D eigenvalue weighted by atomic mass is 10.0. The number of rotatable bonds is 5. The van der Waals surface area contributed by atoms with Crippen LogP contribution < -0.4 is 5.73 Å². The maximum absolute atomic E-state index is 13.2. The van der Waals surface area contributed by atoms with E-state index in [2.05, 4.69) is 10.2 Å². The van der Waals surface area contributed by atoms with Gasteiger partial charge in [0.25, 0.3) is 0 Å². The highest BCUT2D eigenvalue weighted by atomic mass is 19.1. The second kappa shape index (κ2) is 7.98. The summed E-state index contributed by atoms with van der Waals surface area (Å²) in [5.41, 5.74) is 9.90. The van der Waals surface area contributed by atoms with Crippen molar-refractivity contribution in [1.82, 2.24) is 24.5 Å². The standard InChI is InChI=1S/C22H25FN6O2/c1-13-14(2)26-28(15(13)3)12-20(30)27-10-4-5-19(27)21(31)18-11-25-29(22(18)24)17-8-6-16(23)7-9-17/h6-9,11,19H,4-5,10,12,24H2,1-3H3/t19-/m1/s1. The van der Waals surface area contributed by atoms with E-state index in [1.165, 1.54) is 35.1 Å². The number of aryl methyl sites for hydroxylation is 1. The van der Waals surface area contributed by atoms with E-state index in [1.54, 1.807) is 9.58 Å². The van der Waals surface area contributed by atoms with Crippen LogP contribution in [-0.2, 0) is 11.3 Å². The first-order valence-corrected chi connectivity index (χ1v) is 10.2. The molecule has 1 atom stereocenters. The Bertz CT molecular complexity index is 1150. The third-order valence-corrected chi connectivity index (χ3v) is 6.05. The predicted octanol–water partition coefficient (Wildman–Crippen LogP) is 2.59. The fraction of sp³-hybridized carbons (Fsp3) is 0.364. The molecule has 2 N–H and O–H groups in total. The van der Waals surface area contributed by atoms with Crippen LogP contribution in [0.4, 0.5) is 10.2 Å². The normalized spacial score (nSPS) is 16.1. The molecule has 4 rings (SSSR count). The predicted molar refractivity (Wildman–Crippen MR) is 113 cm³/mol. The summed E-state index contributed by atoms with van der Waals surface area (Å²) in [5, 5.41) is 8.63. The number of halogens is 1. The first-order chi connectivity index (χ1) is 14.8. The summed E-state index contributed by atoms with van der Waals surface area (Å²) in [6.07, 6.45) is 2.72. The van der Waals surface area contributed by atoms with E-state index >= 15 is 0 Å². The molecule has 162 valence electrons. The molecule has 1 aliphatic rings. The molecule has 0 spiro atoms. The third kappa shape index (κ3) is 3.71. The van der Waals surface area contributed by atoms with Gasteiger partial charge in [0.05, 0.1) is 29.2 Å². The van der Waals surface area contributed by atoms with Crippen molar-refractivity contribution in [2.75, 3.05) is 12.3 Å². The number of carbonyl (C=O) groups excluding carboxylic acids is 2. The quantitative estimate of drug-likeness (QED) is 0.635. The number of aromatic nitrogens is 4. The minimum atomic E-state index is -0.585. The Labute approximate surface area is 179 Å². The van der Waals surface area contributed by atoms with E-state index in [0.717, 1.165) is 23.4 Å². The van der Waals surface area contributed by atoms with Crippen LogP contribution >= 0.6 is 0 Å². The number of likely N-dealkylation sites (tertiary alicyclic amines) is 1. The first kappa shape index (κ1) is 20.8. The van der Waals surface area contributed by atoms with Crippen LogP contribution in [0.2, 0.25) is 0 Å². The lowest BCUT2D eigenvalue weighted by Crippen LogP contribution is -2.42. The molecule has 1 fully saturated rings. The van der Waals surface area contributed by atoms with Gasteiger partial charge in [-0.1, -0.05) is 0 Å². The van der Waals surface area contributed by atoms with E-state index in [-0.39, 0.29) is 35.4 Å². The largest absolute Gasteiger partial charge is 0.383 e. The molecule has 3 aromatic rings. The number of nitrogens with two attached hydrogens (primary N) is 1. The zero-order valence-corrected chi connectivity index (χ0v) is 17.8. The average Bonchev–Trinajstić information content (AvgIpc) is 3.44. The number of anilines is 1. The Morgan fingerprint density at radius 2 is 1.90 bits per heavy atom. The van der Waals surface area contributed by atoms with Crippen LogP contribution in [-0.4, -0.2) is 48.7 Å². The molecule has 2 aromatic heterocycles. The summed E-state index contributed by atoms with van der Waals surface area (Å²) in [6, 6.07) is 5.09. The molecule has 0 aliphatic carbocycles. The van der Waals surface area contributed by atoms with Gasteiger partial charge >= 0.3 is 0 Å². The molecule has 9 heteroatoms. The van der Waals surface area contributed by atoms with Crippen molar-refractivity contribution in [1.29, 1.82) is 0 Å². The number of benzene rings is 1. The lowest BCUT2D eigenvalue weighted by molar-refractivity contribution is -0.132. The van der Waals surface area contributed by atoms with Gasteiger partial charge in [-0.15, -0.1) is 0 Å². The van der Waals surface area contributed by atoms with E-state index < -0.39 is 6.04 Å². The number of ketones is 1.